The van der Waals surface area contributed by atoms with Gasteiger partial charge in [0.25, 0.3) is 0 Å². The molecule has 0 aromatic rings. The molecule has 0 radical (unpaired) electrons. The van der Waals surface area contributed by atoms with Gasteiger partial charge in [-0.05, 0) is 43.9 Å². The lowest BCUT2D eigenvalue weighted by Gasteiger charge is -2.35. The molecule has 0 aliphatic heterocycles. The highest BCUT2D eigenvalue weighted by atomic mass is 14.9. The third kappa shape index (κ3) is 3.86. The molecule has 0 spiro atoms. The van der Waals surface area contributed by atoms with Gasteiger partial charge in [0.05, 0.1) is 0 Å². The van der Waals surface area contributed by atoms with Crippen molar-refractivity contribution in [3.8, 4) is 0 Å². The van der Waals surface area contributed by atoms with E-state index >= 15 is 0 Å². The molecular formula is C13H26N2. The van der Waals surface area contributed by atoms with Gasteiger partial charge in [0.2, 0.25) is 0 Å². The van der Waals surface area contributed by atoms with Gasteiger partial charge in [-0.1, -0.05) is 26.7 Å². The lowest BCUT2D eigenvalue weighted by Crippen LogP contribution is -2.38. The molecule has 0 aromatic carbocycles. The first-order valence-electron chi connectivity index (χ1n) is 6.35. The molecule has 2 nitrogen and oxygen atoms in total. The summed E-state index contributed by atoms with van der Waals surface area (Å²) in [6.07, 6.45) is 8.39. The number of nitrogens with two attached hydrogens (primary N) is 1. The second kappa shape index (κ2) is 6.16. The number of hydrogen-bond donors (Lipinski definition) is 2. The highest BCUT2D eigenvalue weighted by Crippen LogP contribution is 2.29. The summed E-state index contributed by atoms with van der Waals surface area (Å²) in [4.78, 5) is 0. The smallest absolute Gasteiger partial charge is 0.0268 e. The van der Waals surface area contributed by atoms with E-state index < -0.39 is 0 Å². The van der Waals surface area contributed by atoms with E-state index in [1.54, 1.807) is 0 Å². The number of rotatable bonds is 6. The van der Waals surface area contributed by atoms with Crippen molar-refractivity contribution in [2.24, 2.45) is 11.7 Å². The van der Waals surface area contributed by atoms with E-state index in [1.807, 2.05) is 0 Å². The SMILES string of the molecule is CCCC(N)/C(C)=C\NC1CC(CC)C1. The Bertz CT molecular complexity index is 205. The zero-order valence-electron chi connectivity index (χ0n) is 10.4. The van der Waals surface area contributed by atoms with E-state index in [2.05, 4.69) is 32.3 Å². The Morgan fingerprint density at radius 3 is 2.67 bits per heavy atom. The summed E-state index contributed by atoms with van der Waals surface area (Å²) in [5.41, 5.74) is 7.31. The van der Waals surface area contributed by atoms with Gasteiger partial charge in [-0.25, -0.2) is 0 Å². The van der Waals surface area contributed by atoms with Crippen molar-refractivity contribution in [3.63, 3.8) is 0 Å². The molecule has 3 N–H and O–H groups in total. The quantitative estimate of drug-likeness (QED) is 0.707. The summed E-state index contributed by atoms with van der Waals surface area (Å²) >= 11 is 0. The number of nitrogens with one attached hydrogen (secondary N) is 1. The average molecular weight is 210 g/mol. The lowest BCUT2D eigenvalue weighted by molar-refractivity contribution is 0.233. The third-order valence-corrected chi connectivity index (χ3v) is 3.54. The maximum Gasteiger partial charge on any atom is 0.0268 e. The Morgan fingerprint density at radius 1 is 1.47 bits per heavy atom. The first kappa shape index (κ1) is 12.6. The van der Waals surface area contributed by atoms with E-state index in [1.165, 1.54) is 24.8 Å². The molecule has 1 aliphatic carbocycles. The van der Waals surface area contributed by atoms with Crippen LogP contribution in [0.4, 0.5) is 0 Å². The Balaban J connectivity index is 2.20. The van der Waals surface area contributed by atoms with Gasteiger partial charge in [-0.2, -0.15) is 0 Å². The summed E-state index contributed by atoms with van der Waals surface area (Å²) in [6.45, 7) is 6.58. The fraction of sp³-hybridized carbons (Fsp3) is 0.846. The predicted molar refractivity (Wildman–Crippen MR) is 66.6 cm³/mol. The van der Waals surface area contributed by atoms with Gasteiger partial charge in [-0.15, -0.1) is 0 Å². The molecule has 0 aromatic heterocycles. The Hall–Kier alpha value is -0.500. The van der Waals surface area contributed by atoms with E-state index in [-0.39, 0.29) is 6.04 Å². The fourth-order valence-corrected chi connectivity index (χ4v) is 2.10. The van der Waals surface area contributed by atoms with Crippen molar-refractivity contribution >= 4 is 0 Å². The molecular weight excluding hydrogens is 184 g/mol. The van der Waals surface area contributed by atoms with Gasteiger partial charge >= 0.3 is 0 Å². The van der Waals surface area contributed by atoms with Gasteiger partial charge in [0.15, 0.2) is 0 Å². The average Bonchev–Trinajstić information content (AvgIpc) is 2.15. The molecule has 0 bridgehead atoms. The summed E-state index contributed by atoms with van der Waals surface area (Å²) in [6, 6.07) is 0.947. The number of hydrogen-bond acceptors (Lipinski definition) is 2. The van der Waals surface area contributed by atoms with Crippen molar-refractivity contribution < 1.29 is 0 Å². The summed E-state index contributed by atoms with van der Waals surface area (Å²) in [7, 11) is 0. The van der Waals surface area contributed by atoms with Crippen molar-refractivity contribution in [2.45, 2.75) is 65.0 Å². The second-order valence-corrected chi connectivity index (χ2v) is 4.89. The highest BCUT2D eigenvalue weighted by molar-refractivity contribution is 5.06. The van der Waals surface area contributed by atoms with Crippen LogP contribution >= 0.6 is 0 Å². The molecule has 1 fully saturated rings. The van der Waals surface area contributed by atoms with Crippen molar-refractivity contribution in [3.05, 3.63) is 11.8 Å². The van der Waals surface area contributed by atoms with E-state index in [0.717, 1.165) is 18.8 Å². The van der Waals surface area contributed by atoms with Crippen LogP contribution in [0.1, 0.15) is 52.9 Å². The lowest BCUT2D eigenvalue weighted by atomic mass is 9.79. The Kier molecular flexibility index (Phi) is 5.16. The van der Waals surface area contributed by atoms with Gasteiger partial charge in [0, 0.05) is 12.1 Å². The molecule has 0 amide bonds. The summed E-state index contributed by atoms with van der Waals surface area (Å²) in [5, 5.41) is 3.48. The van der Waals surface area contributed by atoms with E-state index in [9.17, 15) is 0 Å². The first-order chi connectivity index (χ1) is 7.17. The second-order valence-electron chi connectivity index (χ2n) is 4.89. The maximum atomic E-state index is 6.02. The van der Waals surface area contributed by atoms with Crippen LogP contribution in [0.5, 0.6) is 0 Å². The molecule has 1 rings (SSSR count). The standard InChI is InChI=1S/C13H26N2/c1-4-6-13(14)10(3)9-15-12-7-11(5-2)8-12/h9,11-13,15H,4-8,14H2,1-3H3/b10-9-. The minimum absolute atomic E-state index is 0.240. The Morgan fingerprint density at radius 2 is 2.13 bits per heavy atom. The van der Waals surface area contributed by atoms with Crippen LogP contribution < -0.4 is 11.1 Å². The first-order valence-corrected chi connectivity index (χ1v) is 6.35. The van der Waals surface area contributed by atoms with Crippen LogP contribution in [-0.2, 0) is 0 Å². The van der Waals surface area contributed by atoms with Gasteiger partial charge in [0.1, 0.15) is 0 Å². The minimum atomic E-state index is 0.240. The van der Waals surface area contributed by atoms with Crippen LogP contribution in [0.25, 0.3) is 0 Å². The minimum Gasteiger partial charge on any atom is -0.388 e. The zero-order valence-corrected chi connectivity index (χ0v) is 10.4. The van der Waals surface area contributed by atoms with Gasteiger partial charge < -0.3 is 11.1 Å². The molecule has 1 unspecified atom stereocenters. The molecule has 1 aliphatic rings. The molecule has 88 valence electrons. The fourth-order valence-electron chi connectivity index (χ4n) is 2.10. The Labute approximate surface area is 94.3 Å². The van der Waals surface area contributed by atoms with Crippen LogP contribution in [0.3, 0.4) is 0 Å². The predicted octanol–water partition coefficient (Wildman–Crippen LogP) is 2.80. The van der Waals surface area contributed by atoms with Crippen molar-refractivity contribution in [2.75, 3.05) is 0 Å². The molecule has 1 saturated carbocycles. The van der Waals surface area contributed by atoms with Crippen molar-refractivity contribution in [1.82, 2.24) is 5.32 Å². The van der Waals surface area contributed by atoms with Crippen molar-refractivity contribution in [1.29, 1.82) is 0 Å². The molecule has 2 heteroatoms. The van der Waals surface area contributed by atoms with Crippen LogP contribution in [0, 0.1) is 5.92 Å². The molecule has 1 atom stereocenters. The van der Waals surface area contributed by atoms with Crippen LogP contribution in [-0.4, -0.2) is 12.1 Å². The summed E-state index contributed by atoms with van der Waals surface area (Å²) in [5.74, 6) is 0.959. The van der Waals surface area contributed by atoms with Gasteiger partial charge in [-0.3, -0.25) is 0 Å². The van der Waals surface area contributed by atoms with Crippen LogP contribution in [0.2, 0.25) is 0 Å². The van der Waals surface area contributed by atoms with E-state index in [4.69, 9.17) is 5.73 Å². The normalized spacial score (nSPS) is 28.4. The highest BCUT2D eigenvalue weighted by Gasteiger charge is 2.26. The molecule has 0 saturated heterocycles. The summed E-state index contributed by atoms with van der Waals surface area (Å²) < 4.78 is 0. The maximum absolute atomic E-state index is 6.02. The van der Waals surface area contributed by atoms with E-state index in [0.29, 0.717) is 6.04 Å². The van der Waals surface area contributed by atoms with Crippen LogP contribution in [0.15, 0.2) is 11.8 Å². The molecule has 15 heavy (non-hydrogen) atoms. The topological polar surface area (TPSA) is 38.0 Å². The zero-order chi connectivity index (χ0) is 11.3. The molecule has 0 heterocycles. The monoisotopic (exact) mass is 210 g/mol. The third-order valence-electron chi connectivity index (χ3n) is 3.54. The largest absolute Gasteiger partial charge is 0.388 e.